The molecule has 3 N–H and O–H groups in total. The van der Waals surface area contributed by atoms with Crippen molar-refractivity contribution in [3.63, 3.8) is 0 Å². The number of nitrogens with zero attached hydrogens (tertiary/aromatic N) is 5. The number of ether oxygens (including phenoxy) is 2. The highest BCUT2D eigenvalue weighted by Crippen LogP contribution is 2.34. The van der Waals surface area contributed by atoms with Gasteiger partial charge in [0.1, 0.15) is 41.2 Å². The van der Waals surface area contributed by atoms with Crippen LogP contribution in [-0.4, -0.2) is 94.5 Å². The van der Waals surface area contributed by atoms with E-state index in [0.717, 1.165) is 76.8 Å². The number of amides is 4. The van der Waals surface area contributed by atoms with E-state index in [-0.39, 0.29) is 42.4 Å². The molecule has 7 rings (SSSR count). The van der Waals surface area contributed by atoms with Crippen LogP contribution < -0.4 is 30.3 Å². The van der Waals surface area contributed by atoms with E-state index in [2.05, 4.69) is 55.6 Å². The third kappa shape index (κ3) is 10.2. The summed E-state index contributed by atoms with van der Waals surface area (Å²) in [7, 11) is 0. The van der Waals surface area contributed by atoms with Crippen LogP contribution >= 0.6 is 11.6 Å². The number of benzene rings is 2. The van der Waals surface area contributed by atoms with E-state index in [4.69, 9.17) is 26.3 Å². The molecule has 1 unspecified atom stereocenters. The van der Waals surface area contributed by atoms with Crippen LogP contribution in [0.2, 0.25) is 5.02 Å². The number of piperidine rings is 2. The largest absolute Gasteiger partial charge is 0.490 e. The lowest BCUT2D eigenvalue weighted by Crippen LogP contribution is -2.53. The maximum Gasteiger partial charge on any atom is 0.271 e. The molecule has 2 aromatic carbocycles. The standard InChI is InChI=1S/C43H51ClN8O6/c1-26(2)52(31-19-35(20-31)58-32-8-3-28(4-9-32)41(54)49-37-13-14-40(53)50-42(37)55)25-27-15-17-51(18-16-27)39-24-46-38(23-47-39)43(56)48-30-6-11-33(12-7-30)57-34-10-5-29(22-45)36(44)21-34/h3-5,8-10,21,23-24,26-27,30-31,33,35,37H,6-7,11-20,25H2,1-2H3,(H,48,56)(H,49,54)(H,50,53,55). The zero-order valence-electron chi connectivity index (χ0n) is 33.0. The Hall–Kier alpha value is -5.26. The number of imide groups is 1. The molecule has 14 nitrogen and oxygen atoms in total. The van der Waals surface area contributed by atoms with Gasteiger partial charge in [0.2, 0.25) is 11.8 Å². The van der Waals surface area contributed by atoms with Gasteiger partial charge in [-0.3, -0.25) is 29.4 Å². The Morgan fingerprint density at radius 3 is 2.26 bits per heavy atom. The summed E-state index contributed by atoms with van der Waals surface area (Å²) in [6, 6.07) is 14.3. The number of nitrogens with one attached hydrogen (secondary N) is 3. The molecule has 2 aliphatic carbocycles. The van der Waals surface area contributed by atoms with E-state index in [1.807, 2.05) is 0 Å². The molecule has 3 heterocycles. The number of carbonyl (C=O) groups excluding carboxylic acids is 4. The maximum absolute atomic E-state index is 13.0. The highest BCUT2D eigenvalue weighted by molar-refractivity contribution is 6.31. The minimum absolute atomic E-state index is 0.0246. The molecular weight excluding hydrogens is 760 g/mol. The number of nitriles is 1. The molecule has 2 saturated carbocycles. The van der Waals surface area contributed by atoms with Crippen molar-refractivity contribution in [3.8, 4) is 17.6 Å². The highest BCUT2D eigenvalue weighted by Gasteiger charge is 2.38. The van der Waals surface area contributed by atoms with Crippen LogP contribution in [0.4, 0.5) is 5.82 Å². The molecule has 15 heteroatoms. The van der Waals surface area contributed by atoms with Crippen molar-refractivity contribution in [2.45, 2.75) is 114 Å². The Labute approximate surface area is 344 Å². The van der Waals surface area contributed by atoms with Gasteiger partial charge in [-0.15, -0.1) is 0 Å². The van der Waals surface area contributed by atoms with E-state index in [1.54, 1.807) is 54.9 Å². The fourth-order valence-electron chi connectivity index (χ4n) is 8.32. The summed E-state index contributed by atoms with van der Waals surface area (Å²) in [4.78, 5) is 63.1. The Kier molecular flexibility index (Phi) is 13.1. The van der Waals surface area contributed by atoms with Crippen LogP contribution in [0.5, 0.6) is 11.5 Å². The zero-order chi connectivity index (χ0) is 40.8. The minimum Gasteiger partial charge on any atom is -0.490 e. The molecule has 0 bridgehead atoms. The van der Waals surface area contributed by atoms with Crippen molar-refractivity contribution in [2.24, 2.45) is 5.92 Å². The molecule has 0 spiro atoms. The smallest absolute Gasteiger partial charge is 0.271 e. The van der Waals surface area contributed by atoms with Crippen molar-refractivity contribution >= 4 is 41.0 Å². The van der Waals surface area contributed by atoms with E-state index in [9.17, 15) is 19.2 Å². The van der Waals surface area contributed by atoms with Crippen molar-refractivity contribution in [1.29, 1.82) is 5.26 Å². The molecule has 2 aliphatic heterocycles. The molecule has 4 aliphatic rings. The lowest BCUT2D eigenvalue weighted by Gasteiger charge is -2.46. The average Bonchev–Trinajstić information content (AvgIpc) is 3.20. The summed E-state index contributed by atoms with van der Waals surface area (Å²) < 4.78 is 12.3. The van der Waals surface area contributed by atoms with Crippen LogP contribution in [-0.2, 0) is 9.59 Å². The normalized spacial score (nSPS) is 23.7. The van der Waals surface area contributed by atoms with Crippen molar-refractivity contribution < 1.29 is 28.7 Å². The monoisotopic (exact) mass is 810 g/mol. The van der Waals surface area contributed by atoms with Gasteiger partial charge in [0.25, 0.3) is 11.8 Å². The van der Waals surface area contributed by atoms with E-state index >= 15 is 0 Å². The van der Waals surface area contributed by atoms with Crippen LogP contribution in [0.15, 0.2) is 54.9 Å². The number of halogens is 1. The van der Waals surface area contributed by atoms with Crippen molar-refractivity contribution in [2.75, 3.05) is 24.5 Å². The summed E-state index contributed by atoms with van der Waals surface area (Å²) in [5.74, 6) is 1.34. The van der Waals surface area contributed by atoms with Gasteiger partial charge < -0.3 is 25.0 Å². The van der Waals surface area contributed by atoms with E-state index in [0.29, 0.717) is 57.8 Å². The minimum atomic E-state index is -0.715. The van der Waals surface area contributed by atoms with Gasteiger partial charge >= 0.3 is 0 Å². The van der Waals surface area contributed by atoms with Gasteiger partial charge in [-0.2, -0.15) is 5.26 Å². The second kappa shape index (κ2) is 18.6. The molecule has 2 saturated heterocycles. The number of anilines is 1. The van der Waals surface area contributed by atoms with Crippen LogP contribution in [0.1, 0.15) is 104 Å². The average molecular weight is 811 g/mol. The zero-order valence-corrected chi connectivity index (χ0v) is 33.7. The van der Waals surface area contributed by atoms with Crippen LogP contribution in [0.3, 0.4) is 0 Å². The Morgan fingerprint density at radius 2 is 1.62 bits per heavy atom. The number of aromatic nitrogens is 2. The topological polar surface area (TPSA) is 179 Å². The fraction of sp³-hybridized carbons (Fsp3) is 0.512. The lowest BCUT2D eigenvalue weighted by atomic mass is 9.85. The molecular formula is C43H51ClN8O6. The molecule has 0 radical (unpaired) electrons. The van der Waals surface area contributed by atoms with Crippen molar-refractivity contribution in [1.82, 2.24) is 30.8 Å². The fourth-order valence-corrected chi connectivity index (χ4v) is 8.53. The van der Waals surface area contributed by atoms with Gasteiger partial charge in [-0.25, -0.2) is 9.97 Å². The summed E-state index contributed by atoms with van der Waals surface area (Å²) >= 11 is 6.15. The summed E-state index contributed by atoms with van der Waals surface area (Å²) in [6.45, 7) is 7.31. The Balaban J connectivity index is 0.801. The second-order valence-electron chi connectivity index (χ2n) is 16.2. The lowest BCUT2D eigenvalue weighted by molar-refractivity contribution is -0.134. The third-order valence-corrected chi connectivity index (χ3v) is 12.1. The molecule has 58 heavy (non-hydrogen) atoms. The van der Waals surface area contributed by atoms with Gasteiger partial charge in [-0.05, 0) is 101 Å². The number of rotatable bonds is 13. The predicted octanol–water partition coefficient (Wildman–Crippen LogP) is 5.19. The first-order valence-electron chi connectivity index (χ1n) is 20.4. The molecule has 306 valence electrons. The molecule has 1 atom stereocenters. The number of carbonyl (C=O) groups is 4. The number of hydrogen-bond donors (Lipinski definition) is 3. The first-order chi connectivity index (χ1) is 28.0. The first-order valence-corrected chi connectivity index (χ1v) is 20.8. The molecule has 4 fully saturated rings. The highest BCUT2D eigenvalue weighted by atomic mass is 35.5. The van der Waals surface area contributed by atoms with Crippen LogP contribution in [0.25, 0.3) is 0 Å². The van der Waals surface area contributed by atoms with E-state index in [1.165, 1.54) is 0 Å². The van der Waals surface area contributed by atoms with Gasteiger partial charge in [-0.1, -0.05) is 11.6 Å². The van der Waals surface area contributed by atoms with Crippen molar-refractivity contribution in [3.05, 3.63) is 76.7 Å². The van der Waals surface area contributed by atoms with Crippen LogP contribution in [0, 0.1) is 17.2 Å². The third-order valence-electron chi connectivity index (χ3n) is 11.8. The maximum atomic E-state index is 13.0. The molecule has 1 aromatic heterocycles. The van der Waals surface area contributed by atoms with Gasteiger partial charge in [0, 0.05) is 68.7 Å². The van der Waals surface area contributed by atoms with Gasteiger partial charge in [0.15, 0.2) is 0 Å². The summed E-state index contributed by atoms with van der Waals surface area (Å²) in [5.41, 5.74) is 1.16. The predicted molar refractivity (Wildman–Crippen MR) is 217 cm³/mol. The Bertz CT molecular complexity index is 1980. The second-order valence-corrected chi connectivity index (χ2v) is 16.6. The Morgan fingerprint density at radius 1 is 0.914 bits per heavy atom. The van der Waals surface area contributed by atoms with Gasteiger partial charge in [0.05, 0.1) is 29.1 Å². The van der Waals surface area contributed by atoms with E-state index < -0.39 is 11.9 Å². The summed E-state index contributed by atoms with van der Waals surface area (Å²) in [6.07, 6.45) is 11.1. The summed E-state index contributed by atoms with van der Waals surface area (Å²) in [5, 5.41) is 17.5. The molecule has 3 aromatic rings. The first kappa shape index (κ1) is 40.9. The number of hydrogen-bond acceptors (Lipinski definition) is 11. The SMILES string of the molecule is CC(C)N(CC1CCN(c2cnc(C(=O)NC3CCC(Oc4ccc(C#N)c(Cl)c4)CC3)cn2)CC1)C1CC(Oc2ccc(C(=O)NC3CCC(=O)NC3=O)cc2)C1. The quantitative estimate of drug-likeness (QED) is 0.194. The molecule has 4 amide bonds.